The summed E-state index contributed by atoms with van der Waals surface area (Å²) in [6.45, 7) is 8.40. The number of halogens is 6. The van der Waals surface area contributed by atoms with Crippen LogP contribution in [0.1, 0.15) is 30.9 Å². The lowest BCUT2D eigenvalue weighted by molar-refractivity contribution is -0.193. The minimum Gasteiger partial charge on any atom is -0.475 e. The molecule has 2 aliphatic rings. The van der Waals surface area contributed by atoms with Gasteiger partial charge in [-0.3, -0.25) is 14.6 Å². The lowest BCUT2D eigenvalue weighted by Crippen LogP contribution is -2.64. The summed E-state index contributed by atoms with van der Waals surface area (Å²) in [5.41, 5.74) is 2.53. The molecule has 2 aromatic rings. The number of hydrogen-bond donors (Lipinski definition) is 2. The van der Waals surface area contributed by atoms with Crippen LogP contribution in [0.15, 0.2) is 36.9 Å². The number of aliphatic carboxylic acids is 2. The zero-order valence-corrected chi connectivity index (χ0v) is 21.5. The highest BCUT2D eigenvalue weighted by Gasteiger charge is 2.52. The number of carboxylic acids is 2. The van der Waals surface area contributed by atoms with Gasteiger partial charge in [0, 0.05) is 63.5 Å². The first-order valence-electron chi connectivity index (χ1n) is 12.1. The fraction of sp³-hybridized carbons (Fsp3) is 0.583. The summed E-state index contributed by atoms with van der Waals surface area (Å²) in [5, 5.41) is 18.6. The topological polar surface area (TPSA) is 127 Å². The minimum absolute atomic E-state index is 0.0563. The van der Waals surface area contributed by atoms with E-state index in [1.165, 1.54) is 11.1 Å². The van der Waals surface area contributed by atoms with Crippen LogP contribution in [0.25, 0.3) is 0 Å². The minimum atomic E-state index is -5.08. The molecule has 1 atom stereocenters. The van der Waals surface area contributed by atoms with Crippen molar-refractivity contribution < 1.29 is 55.6 Å². The maximum atomic E-state index is 10.6. The van der Waals surface area contributed by atoms with E-state index in [4.69, 9.17) is 29.3 Å². The van der Waals surface area contributed by atoms with Gasteiger partial charge in [0.15, 0.2) is 0 Å². The van der Waals surface area contributed by atoms with E-state index in [2.05, 4.69) is 28.1 Å². The molecule has 0 bridgehead atoms. The second kappa shape index (κ2) is 14.4. The van der Waals surface area contributed by atoms with Gasteiger partial charge in [0.1, 0.15) is 0 Å². The lowest BCUT2D eigenvalue weighted by atomic mass is 9.79. The van der Waals surface area contributed by atoms with Gasteiger partial charge in [-0.05, 0) is 43.4 Å². The second-order valence-electron chi connectivity index (χ2n) is 9.05. The molecule has 2 fully saturated rings. The third kappa shape index (κ3) is 10.4. The summed E-state index contributed by atoms with van der Waals surface area (Å²) >= 11 is 0. The van der Waals surface area contributed by atoms with Crippen molar-refractivity contribution in [2.24, 2.45) is 5.92 Å². The van der Waals surface area contributed by atoms with Gasteiger partial charge in [-0.1, -0.05) is 0 Å². The highest BCUT2D eigenvalue weighted by atomic mass is 19.4. The molecular formula is C24H30F6N4O6. The molecule has 0 aromatic carbocycles. The Morgan fingerprint density at radius 1 is 1.07 bits per heavy atom. The first-order chi connectivity index (χ1) is 18.7. The van der Waals surface area contributed by atoms with E-state index in [0.29, 0.717) is 12.5 Å². The number of carbonyl (C=O) groups is 2. The highest BCUT2D eigenvalue weighted by Crippen LogP contribution is 2.42. The van der Waals surface area contributed by atoms with Crippen LogP contribution in [0.2, 0.25) is 0 Å². The Labute approximate surface area is 225 Å². The maximum Gasteiger partial charge on any atom is 0.490 e. The zero-order valence-electron chi connectivity index (χ0n) is 21.5. The van der Waals surface area contributed by atoms with Gasteiger partial charge >= 0.3 is 24.3 Å². The molecule has 40 heavy (non-hydrogen) atoms. The number of alkyl halides is 6. The molecule has 0 amide bonds. The van der Waals surface area contributed by atoms with Gasteiger partial charge < -0.3 is 19.7 Å². The molecule has 4 heterocycles. The molecule has 2 aliphatic heterocycles. The van der Waals surface area contributed by atoms with Crippen molar-refractivity contribution in [2.75, 3.05) is 26.3 Å². The second-order valence-corrected chi connectivity index (χ2v) is 9.05. The van der Waals surface area contributed by atoms with Crippen molar-refractivity contribution in [1.82, 2.24) is 19.7 Å². The molecule has 2 saturated heterocycles. The molecule has 0 radical (unpaired) electrons. The summed E-state index contributed by atoms with van der Waals surface area (Å²) in [4.78, 5) is 24.3. The third-order valence-electron chi connectivity index (χ3n) is 6.11. The Hall–Kier alpha value is -3.24. The molecular weight excluding hydrogens is 554 g/mol. The smallest absolute Gasteiger partial charge is 0.475 e. The summed E-state index contributed by atoms with van der Waals surface area (Å²) in [6.07, 6.45) is -0.191. The Bertz CT molecular complexity index is 1050. The first kappa shape index (κ1) is 33.0. The predicted molar refractivity (Wildman–Crippen MR) is 126 cm³/mol. The Balaban J connectivity index is 0.000000333. The monoisotopic (exact) mass is 584 g/mol. The number of nitrogens with zero attached hydrogens (tertiary/aromatic N) is 4. The van der Waals surface area contributed by atoms with Crippen molar-refractivity contribution in [3.8, 4) is 0 Å². The Morgan fingerprint density at radius 2 is 1.65 bits per heavy atom. The van der Waals surface area contributed by atoms with E-state index in [0.717, 1.165) is 52.2 Å². The number of likely N-dealkylation sites (tertiary alicyclic amines) is 1. The highest BCUT2D eigenvalue weighted by molar-refractivity contribution is 5.73. The Kier molecular flexibility index (Phi) is 11.9. The van der Waals surface area contributed by atoms with Gasteiger partial charge in [0.2, 0.25) is 0 Å². The van der Waals surface area contributed by atoms with Crippen molar-refractivity contribution in [3.05, 3.63) is 48.0 Å². The van der Waals surface area contributed by atoms with Gasteiger partial charge in [0.25, 0.3) is 0 Å². The van der Waals surface area contributed by atoms with Crippen LogP contribution in [0.4, 0.5) is 26.3 Å². The van der Waals surface area contributed by atoms with E-state index < -0.39 is 24.3 Å². The number of rotatable bonds is 8. The summed E-state index contributed by atoms with van der Waals surface area (Å²) < 4.78 is 77.5. The number of aryl methyl sites for hydroxylation is 1. The maximum absolute atomic E-state index is 10.6. The molecule has 224 valence electrons. The van der Waals surface area contributed by atoms with Gasteiger partial charge in [-0.2, -0.15) is 31.4 Å². The summed E-state index contributed by atoms with van der Waals surface area (Å²) in [5.74, 6) is -4.91. The van der Waals surface area contributed by atoms with E-state index in [1.54, 1.807) is 0 Å². The molecule has 2 aromatic heterocycles. The fourth-order valence-corrected chi connectivity index (χ4v) is 4.18. The fourth-order valence-electron chi connectivity index (χ4n) is 4.18. The van der Waals surface area contributed by atoms with Crippen molar-refractivity contribution >= 4 is 11.9 Å². The third-order valence-corrected chi connectivity index (χ3v) is 6.11. The SMILES string of the molecule is CCn1cc(CN2CC3(C2)OCCC3CCOCc2ccncc2)cn1.O=C(O)C(F)(F)F.O=C(O)C(F)(F)F. The molecule has 4 rings (SSSR count). The summed E-state index contributed by atoms with van der Waals surface area (Å²) in [6, 6.07) is 4.01. The van der Waals surface area contributed by atoms with E-state index in [1.807, 2.05) is 35.4 Å². The van der Waals surface area contributed by atoms with Crippen LogP contribution >= 0.6 is 0 Å². The van der Waals surface area contributed by atoms with Crippen molar-refractivity contribution in [2.45, 2.75) is 57.4 Å². The number of carboxylic acid groups (broad SMARTS) is 2. The van der Waals surface area contributed by atoms with E-state index >= 15 is 0 Å². The molecule has 16 heteroatoms. The largest absolute Gasteiger partial charge is 0.490 e. The summed E-state index contributed by atoms with van der Waals surface area (Å²) in [7, 11) is 0. The van der Waals surface area contributed by atoms with Crippen molar-refractivity contribution in [3.63, 3.8) is 0 Å². The average molecular weight is 585 g/mol. The predicted octanol–water partition coefficient (Wildman–Crippen LogP) is 3.76. The molecule has 1 unspecified atom stereocenters. The van der Waals surface area contributed by atoms with Crippen LogP contribution in [0, 0.1) is 5.92 Å². The number of aromatic nitrogens is 3. The van der Waals surface area contributed by atoms with Gasteiger partial charge in [-0.15, -0.1) is 0 Å². The quantitative estimate of drug-likeness (QED) is 0.352. The molecule has 10 nitrogen and oxygen atoms in total. The molecule has 1 spiro atoms. The molecule has 2 N–H and O–H groups in total. The number of pyridine rings is 1. The van der Waals surface area contributed by atoms with Crippen LogP contribution in [0.5, 0.6) is 0 Å². The van der Waals surface area contributed by atoms with Gasteiger partial charge in [0.05, 0.1) is 18.4 Å². The zero-order chi connectivity index (χ0) is 30.0. The standard InChI is InChI=1S/C20H28N4O2.2C2HF3O2/c1-2-24-13-18(11-22-24)12-23-15-20(16-23)19(6-10-26-20)5-9-25-14-17-3-7-21-8-4-17;2*3-2(4,5)1(6)7/h3-4,7-8,11,13,19H,2,5-6,9-10,12,14-16H2,1H3;2*(H,6,7). The number of hydrogen-bond acceptors (Lipinski definition) is 7. The lowest BCUT2D eigenvalue weighted by Gasteiger charge is -2.50. The van der Waals surface area contributed by atoms with Crippen LogP contribution in [-0.4, -0.2) is 86.1 Å². The van der Waals surface area contributed by atoms with Crippen LogP contribution in [-0.2, 0) is 38.8 Å². The average Bonchev–Trinajstić information content (AvgIpc) is 3.49. The molecule has 0 aliphatic carbocycles. The van der Waals surface area contributed by atoms with E-state index in [9.17, 15) is 26.3 Å². The van der Waals surface area contributed by atoms with Gasteiger partial charge in [-0.25, -0.2) is 9.59 Å². The molecule has 0 saturated carbocycles. The number of ether oxygens (including phenoxy) is 2. The van der Waals surface area contributed by atoms with Crippen LogP contribution in [0.3, 0.4) is 0 Å². The van der Waals surface area contributed by atoms with E-state index in [-0.39, 0.29) is 5.60 Å². The first-order valence-corrected chi connectivity index (χ1v) is 12.1. The normalized spacial score (nSPS) is 18.2. The Morgan fingerprint density at radius 3 is 2.15 bits per heavy atom. The van der Waals surface area contributed by atoms with Crippen LogP contribution < -0.4 is 0 Å². The van der Waals surface area contributed by atoms with Crippen molar-refractivity contribution in [1.29, 1.82) is 0 Å².